The van der Waals surface area contributed by atoms with Crippen molar-refractivity contribution in [2.75, 3.05) is 12.4 Å². The van der Waals surface area contributed by atoms with Crippen LogP contribution in [0, 0.1) is 0 Å². The van der Waals surface area contributed by atoms with Crippen LogP contribution >= 0.6 is 0 Å². The van der Waals surface area contributed by atoms with Crippen LogP contribution in [0.2, 0.25) is 0 Å². The summed E-state index contributed by atoms with van der Waals surface area (Å²) < 4.78 is 0. The fourth-order valence-corrected chi connectivity index (χ4v) is 4.53. The molecule has 4 rings (SSSR count). The topological polar surface area (TPSA) is 128 Å². The summed E-state index contributed by atoms with van der Waals surface area (Å²) in [4.78, 5) is 46.2. The van der Waals surface area contributed by atoms with E-state index in [0.717, 1.165) is 17.7 Å². The van der Waals surface area contributed by atoms with Crippen molar-refractivity contribution in [2.24, 2.45) is 0 Å². The molecule has 3 amide bonds. The Hall–Kier alpha value is -2.94. The van der Waals surface area contributed by atoms with E-state index in [-0.39, 0.29) is 30.6 Å². The normalized spacial score (nSPS) is 25.7. The molecule has 3 aliphatic rings. The van der Waals surface area contributed by atoms with Gasteiger partial charge in [0.15, 0.2) is 0 Å². The molecule has 0 spiro atoms. The van der Waals surface area contributed by atoms with E-state index in [1.807, 2.05) is 25.2 Å². The Labute approximate surface area is 175 Å². The van der Waals surface area contributed by atoms with Crippen LogP contribution in [0.15, 0.2) is 18.2 Å². The van der Waals surface area contributed by atoms with Crippen LogP contribution in [0.3, 0.4) is 0 Å². The maximum atomic E-state index is 12.8. The highest BCUT2D eigenvalue weighted by Crippen LogP contribution is 2.30. The number of hydrogen-bond acceptors (Lipinski definition) is 6. The molecule has 1 saturated carbocycles. The molecule has 0 radical (unpaired) electrons. The van der Waals surface area contributed by atoms with Gasteiger partial charge < -0.3 is 20.6 Å². The number of piperidine rings is 1. The third-order valence-electron chi connectivity index (χ3n) is 6.01. The SMILES string of the molecule is CN[C@H]1CCCC[C@@H]1Nc1ccc2c(c1)CN(C1CCC(=O)NC1=O)C2=O.O=CO. The zero-order valence-electron chi connectivity index (χ0n) is 17.0. The number of likely N-dealkylation sites (N-methyl/N-ethyl adjacent to an activating group) is 1. The lowest BCUT2D eigenvalue weighted by Gasteiger charge is -2.32. The number of anilines is 1. The predicted octanol–water partition coefficient (Wildman–Crippen LogP) is 1.09. The number of amides is 3. The molecule has 0 aromatic heterocycles. The van der Waals surface area contributed by atoms with Gasteiger partial charge in [-0.15, -0.1) is 0 Å². The van der Waals surface area contributed by atoms with Gasteiger partial charge in [0, 0.05) is 36.3 Å². The fraction of sp³-hybridized carbons (Fsp3) is 0.524. The van der Waals surface area contributed by atoms with Crippen molar-refractivity contribution in [1.29, 1.82) is 0 Å². The highest BCUT2D eigenvalue weighted by atomic mass is 16.3. The van der Waals surface area contributed by atoms with Gasteiger partial charge in [0.2, 0.25) is 11.8 Å². The van der Waals surface area contributed by atoms with E-state index in [9.17, 15) is 14.4 Å². The number of benzene rings is 1. The molecule has 1 aromatic rings. The van der Waals surface area contributed by atoms with E-state index >= 15 is 0 Å². The molecule has 3 atom stereocenters. The van der Waals surface area contributed by atoms with E-state index in [1.165, 1.54) is 19.3 Å². The summed E-state index contributed by atoms with van der Waals surface area (Å²) in [5.74, 6) is -0.764. The molecule has 2 aliphatic heterocycles. The standard InChI is InChI=1S/C20H26N4O3.CH2O2/c1-21-15-4-2-3-5-16(15)22-13-6-7-14-12(10-13)11-24(20(14)27)17-8-9-18(25)23-19(17)26;2-1-3/h6-7,10,15-17,21-22H,2-5,8-9,11H2,1H3,(H,23,25,26);1H,(H,2,3)/t15-,16-,17?;/m0./s1. The van der Waals surface area contributed by atoms with Crippen molar-refractivity contribution in [3.8, 4) is 0 Å². The van der Waals surface area contributed by atoms with E-state index in [0.29, 0.717) is 30.6 Å². The number of imide groups is 1. The first-order chi connectivity index (χ1) is 14.5. The Morgan fingerprint density at radius 2 is 1.83 bits per heavy atom. The number of nitrogens with zero attached hydrogens (tertiary/aromatic N) is 1. The first-order valence-electron chi connectivity index (χ1n) is 10.3. The molecule has 2 fully saturated rings. The van der Waals surface area contributed by atoms with Crippen molar-refractivity contribution in [3.05, 3.63) is 29.3 Å². The van der Waals surface area contributed by atoms with Gasteiger partial charge in [0.1, 0.15) is 6.04 Å². The Morgan fingerprint density at radius 3 is 2.50 bits per heavy atom. The minimum Gasteiger partial charge on any atom is -0.483 e. The van der Waals surface area contributed by atoms with Gasteiger partial charge in [-0.05, 0) is 50.1 Å². The second kappa shape index (κ2) is 9.71. The summed E-state index contributed by atoms with van der Waals surface area (Å²) in [6, 6.07) is 6.10. The molecule has 1 aliphatic carbocycles. The molecule has 0 bridgehead atoms. The van der Waals surface area contributed by atoms with Crippen LogP contribution in [0.5, 0.6) is 0 Å². The molecule has 1 saturated heterocycles. The first-order valence-corrected chi connectivity index (χ1v) is 10.3. The Bertz CT molecular complexity index is 828. The molecule has 9 nitrogen and oxygen atoms in total. The summed E-state index contributed by atoms with van der Waals surface area (Å²) in [6.45, 7) is 0.163. The molecule has 162 valence electrons. The predicted molar refractivity (Wildman–Crippen MR) is 110 cm³/mol. The quantitative estimate of drug-likeness (QED) is 0.427. The molecular weight excluding hydrogens is 388 g/mol. The largest absolute Gasteiger partial charge is 0.483 e. The zero-order valence-corrected chi connectivity index (χ0v) is 17.0. The average Bonchev–Trinajstić information content (AvgIpc) is 3.05. The monoisotopic (exact) mass is 416 g/mol. The van der Waals surface area contributed by atoms with Crippen LogP contribution in [0.25, 0.3) is 0 Å². The lowest BCUT2D eigenvalue weighted by atomic mass is 9.90. The van der Waals surface area contributed by atoms with Crippen molar-refractivity contribution < 1.29 is 24.3 Å². The van der Waals surface area contributed by atoms with Crippen LogP contribution in [0.1, 0.15) is 54.4 Å². The van der Waals surface area contributed by atoms with Gasteiger partial charge in [-0.25, -0.2) is 0 Å². The second-order valence-electron chi connectivity index (χ2n) is 7.81. The maximum absolute atomic E-state index is 12.8. The van der Waals surface area contributed by atoms with Crippen molar-refractivity contribution in [1.82, 2.24) is 15.5 Å². The van der Waals surface area contributed by atoms with E-state index in [2.05, 4.69) is 16.0 Å². The zero-order chi connectivity index (χ0) is 21.7. The Kier molecular flexibility index (Phi) is 7.04. The van der Waals surface area contributed by atoms with Crippen molar-refractivity contribution in [2.45, 2.75) is 63.2 Å². The van der Waals surface area contributed by atoms with Crippen molar-refractivity contribution in [3.63, 3.8) is 0 Å². The molecule has 30 heavy (non-hydrogen) atoms. The number of carbonyl (C=O) groups excluding carboxylic acids is 3. The third-order valence-corrected chi connectivity index (χ3v) is 6.01. The lowest BCUT2D eigenvalue weighted by molar-refractivity contribution is -0.137. The fourth-order valence-electron chi connectivity index (χ4n) is 4.53. The lowest BCUT2D eigenvalue weighted by Crippen LogP contribution is -2.52. The summed E-state index contributed by atoms with van der Waals surface area (Å²) in [5, 5.41) is 16.2. The summed E-state index contributed by atoms with van der Waals surface area (Å²) >= 11 is 0. The molecule has 2 heterocycles. The van der Waals surface area contributed by atoms with Crippen molar-refractivity contribution >= 4 is 29.9 Å². The first kappa shape index (κ1) is 21.8. The van der Waals surface area contributed by atoms with E-state index in [4.69, 9.17) is 9.90 Å². The van der Waals surface area contributed by atoms with Gasteiger partial charge in [0.25, 0.3) is 12.4 Å². The highest BCUT2D eigenvalue weighted by Gasteiger charge is 2.39. The summed E-state index contributed by atoms with van der Waals surface area (Å²) in [5.41, 5.74) is 2.60. The average molecular weight is 416 g/mol. The maximum Gasteiger partial charge on any atom is 0.290 e. The van der Waals surface area contributed by atoms with Gasteiger partial charge >= 0.3 is 0 Å². The third kappa shape index (κ3) is 4.62. The van der Waals surface area contributed by atoms with E-state index in [1.54, 1.807) is 4.90 Å². The number of carbonyl (C=O) groups is 4. The smallest absolute Gasteiger partial charge is 0.290 e. The van der Waals surface area contributed by atoms with Gasteiger partial charge in [0.05, 0.1) is 0 Å². The van der Waals surface area contributed by atoms with Crippen LogP contribution in [-0.2, 0) is 20.9 Å². The number of fused-ring (bicyclic) bond motifs is 1. The Balaban J connectivity index is 0.000000806. The number of nitrogens with one attached hydrogen (secondary N) is 3. The van der Waals surface area contributed by atoms with Crippen LogP contribution in [0.4, 0.5) is 5.69 Å². The second-order valence-corrected chi connectivity index (χ2v) is 7.81. The summed E-state index contributed by atoms with van der Waals surface area (Å²) in [7, 11) is 2.00. The van der Waals surface area contributed by atoms with Gasteiger partial charge in [-0.2, -0.15) is 0 Å². The van der Waals surface area contributed by atoms with Crippen LogP contribution < -0.4 is 16.0 Å². The molecule has 4 N–H and O–H groups in total. The number of hydrogen-bond donors (Lipinski definition) is 4. The molecule has 1 unspecified atom stereocenters. The van der Waals surface area contributed by atoms with Gasteiger partial charge in [-0.3, -0.25) is 24.5 Å². The molecule has 1 aromatic carbocycles. The minimum atomic E-state index is -0.564. The van der Waals surface area contributed by atoms with Crippen LogP contribution in [-0.4, -0.2) is 59.4 Å². The molecular formula is C21H28N4O5. The number of carboxylic acid groups (broad SMARTS) is 1. The highest BCUT2D eigenvalue weighted by molar-refractivity contribution is 6.05. The summed E-state index contributed by atoms with van der Waals surface area (Å²) in [6.07, 6.45) is 5.44. The van der Waals surface area contributed by atoms with Gasteiger partial charge in [-0.1, -0.05) is 12.8 Å². The minimum absolute atomic E-state index is 0.128. The Morgan fingerprint density at radius 1 is 1.13 bits per heavy atom. The van der Waals surface area contributed by atoms with E-state index < -0.39 is 6.04 Å². The number of rotatable bonds is 4. The molecule has 9 heteroatoms.